The normalized spacial score (nSPS) is 21.0. The third-order valence-corrected chi connectivity index (χ3v) is 4.22. The molecule has 0 saturated carbocycles. The van der Waals surface area contributed by atoms with Gasteiger partial charge in [-0.05, 0) is 12.1 Å². The number of sulfone groups is 1. The van der Waals surface area contributed by atoms with Crippen molar-refractivity contribution >= 4 is 27.3 Å². The fourth-order valence-corrected chi connectivity index (χ4v) is 2.94. The minimum Gasteiger partial charge on any atom is -0.373 e. The molecule has 0 bridgehead atoms. The molecule has 7 heteroatoms. The number of ether oxygens (including phenoxy) is 1. The summed E-state index contributed by atoms with van der Waals surface area (Å²) in [5.74, 6) is 0.871. The van der Waals surface area contributed by atoms with E-state index in [-0.39, 0.29) is 11.0 Å². The molecule has 0 aromatic carbocycles. The summed E-state index contributed by atoms with van der Waals surface area (Å²) in [6.07, 6.45) is 2.69. The van der Waals surface area contributed by atoms with Crippen LogP contribution in [0.3, 0.4) is 0 Å². The van der Waals surface area contributed by atoms with Crippen LogP contribution in [0.2, 0.25) is 0 Å². The number of hydrogen-bond acceptors (Lipinski definition) is 5. The molecule has 1 aromatic rings. The minimum atomic E-state index is -3.28. The van der Waals surface area contributed by atoms with Crippen LogP contribution in [-0.4, -0.2) is 51.3 Å². The van der Waals surface area contributed by atoms with Gasteiger partial charge in [0.15, 0.2) is 9.84 Å². The molecule has 18 heavy (non-hydrogen) atoms. The van der Waals surface area contributed by atoms with Crippen LogP contribution in [0.5, 0.6) is 0 Å². The van der Waals surface area contributed by atoms with Crippen molar-refractivity contribution in [2.24, 2.45) is 0 Å². The predicted molar refractivity (Wildman–Crippen MR) is 70.0 cm³/mol. The first kappa shape index (κ1) is 13.6. The zero-order chi connectivity index (χ0) is 13.2. The van der Waals surface area contributed by atoms with Gasteiger partial charge < -0.3 is 9.64 Å². The average Bonchev–Trinajstić information content (AvgIpc) is 2.38. The highest BCUT2D eigenvalue weighted by atomic mass is 35.5. The molecule has 2 heterocycles. The zero-order valence-electron chi connectivity index (χ0n) is 10.0. The van der Waals surface area contributed by atoms with Gasteiger partial charge in [-0.15, -0.1) is 11.6 Å². The van der Waals surface area contributed by atoms with Gasteiger partial charge in [-0.1, -0.05) is 0 Å². The van der Waals surface area contributed by atoms with Crippen LogP contribution in [0.4, 0.5) is 5.82 Å². The molecule has 0 spiro atoms. The molecule has 0 aliphatic carbocycles. The van der Waals surface area contributed by atoms with Crippen molar-refractivity contribution in [1.82, 2.24) is 4.98 Å². The number of morpholine rings is 1. The van der Waals surface area contributed by atoms with Gasteiger partial charge in [-0.25, -0.2) is 13.4 Å². The lowest BCUT2D eigenvalue weighted by atomic mass is 10.3. The smallest absolute Gasteiger partial charge is 0.179 e. The van der Waals surface area contributed by atoms with Crippen LogP contribution < -0.4 is 4.90 Å². The third kappa shape index (κ3) is 2.93. The highest BCUT2D eigenvalue weighted by molar-refractivity contribution is 7.90. The predicted octanol–water partition coefficient (Wildman–Crippen LogP) is 0.929. The average molecular weight is 291 g/mol. The molecular weight excluding hydrogens is 276 g/mol. The maximum atomic E-state index is 11.7. The van der Waals surface area contributed by atoms with Crippen LogP contribution >= 0.6 is 11.6 Å². The van der Waals surface area contributed by atoms with E-state index in [1.54, 1.807) is 18.3 Å². The van der Waals surface area contributed by atoms with Crippen LogP contribution in [0, 0.1) is 0 Å². The van der Waals surface area contributed by atoms with E-state index in [1.165, 1.54) is 6.26 Å². The van der Waals surface area contributed by atoms with E-state index in [0.717, 1.165) is 0 Å². The van der Waals surface area contributed by atoms with Crippen molar-refractivity contribution in [2.45, 2.75) is 11.0 Å². The Morgan fingerprint density at radius 3 is 3.06 bits per heavy atom. The van der Waals surface area contributed by atoms with Gasteiger partial charge >= 0.3 is 0 Å². The van der Waals surface area contributed by atoms with E-state index >= 15 is 0 Å². The molecule has 0 amide bonds. The summed E-state index contributed by atoms with van der Waals surface area (Å²) >= 11 is 5.77. The first-order valence-corrected chi connectivity index (χ1v) is 8.02. The monoisotopic (exact) mass is 290 g/mol. The summed E-state index contributed by atoms with van der Waals surface area (Å²) in [5.41, 5.74) is 0. The molecule has 2 rings (SSSR count). The first-order chi connectivity index (χ1) is 8.52. The van der Waals surface area contributed by atoms with E-state index in [2.05, 4.69) is 4.98 Å². The van der Waals surface area contributed by atoms with Crippen molar-refractivity contribution in [2.75, 3.05) is 36.7 Å². The molecule has 0 radical (unpaired) electrons. The Morgan fingerprint density at radius 1 is 1.61 bits per heavy atom. The minimum absolute atomic E-state index is 0.0881. The number of anilines is 1. The lowest BCUT2D eigenvalue weighted by Crippen LogP contribution is -2.44. The quantitative estimate of drug-likeness (QED) is 0.775. The van der Waals surface area contributed by atoms with Crippen LogP contribution in [-0.2, 0) is 14.6 Å². The van der Waals surface area contributed by atoms with E-state index < -0.39 is 9.84 Å². The SMILES string of the molecule is CS(=O)(=O)c1cccnc1N1CCOC(CCl)C1. The fraction of sp³-hybridized carbons (Fsp3) is 0.545. The number of hydrogen-bond donors (Lipinski definition) is 0. The summed E-state index contributed by atoms with van der Waals surface area (Å²) in [6.45, 7) is 1.70. The highest BCUT2D eigenvalue weighted by Crippen LogP contribution is 2.24. The molecule has 1 atom stereocenters. The molecular formula is C11H15ClN2O3S. The maximum Gasteiger partial charge on any atom is 0.179 e. The van der Waals surface area contributed by atoms with Crippen molar-refractivity contribution < 1.29 is 13.2 Å². The summed E-state index contributed by atoms with van der Waals surface area (Å²) in [6, 6.07) is 3.20. The van der Waals surface area contributed by atoms with Gasteiger partial charge in [-0.3, -0.25) is 0 Å². The van der Waals surface area contributed by atoms with E-state index in [9.17, 15) is 8.42 Å². The van der Waals surface area contributed by atoms with Gasteiger partial charge in [0.05, 0.1) is 18.6 Å². The number of nitrogens with zero attached hydrogens (tertiary/aromatic N) is 2. The Kier molecular flexibility index (Phi) is 4.09. The molecule has 1 aliphatic rings. The number of halogens is 1. The first-order valence-electron chi connectivity index (χ1n) is 5.60. The van der Waals surface area contributed by atoms with Gasteiger partial charge in [-0.2, -0.15) is 0 Å². The van der Waals surface area contributed by atoms with Crippen LogP contribution in [0.25, 0.3) is 0 Å². The Bertz CT molecular complexity index is 521. The van der Waals surface area contributed by atoms with Crippen molar-refractivity contribution in [3.63, 3.8) is 0 Å². The molecule has 1 aromatic heterocycles. The number of rotatable bonds is 3. The van der Waals surface area contributed by atoms with Gasteiger partial charge in [0.1, 0.15) is 10.7 Å². The summed E-state index contributed by atoms with van der Waals surface area (Å²) in [5, 5.41) is 0. The van der Waals surface area contributed by atoms with Gasteiger partial charge in [0, 0.05) is 25.5 Å². The van der Waals surface area contributed by atoms with Crippen LogP contribution in [0.15, 0.2) is 23.2 Å². The highest BCUT2D eigenvalue weighted by Gasteiger charge is 2.25. The molecule has 1 fully saturated rings. The second-order valence-corrected chi connectivity index (χ2v) is 6.48. The lowest BCUT2D eigenvalue weighted by molar-refractivity contribution is 0.0550. The summed E-state index contributed by atoms with van der Waals surface area (Å²) in [4.78, 5) is 6.35. The maximum absolute atomic E-state index is 11.7. The zero-order valence-corrected chi connectivity index (χ0v) is 11.6. The second-order valence-electron chi connectivity index (χ2n) is 4.19. The largest absolute Gasteiger partial charge is 0.373 e. The molecule has 1 unspecified atom stereocenters. The number of alkyl halides is 1. The fourth-order valence-electron chi connectivity index (χ4n) is 1.91. The van der Waals surface area contributed by atoms with E-state index in [0.29, 0.717) is 31.4 Å². The number of aromatic nitrogens is 1. The molecule has 100 valence electrons. The Labute approximate surface area is 112 Å². The molecule has 0 N–H and O–H groups in total. The second kappa shape index (κ2) is 5.42. The van der Waals surface area contributed by atoms with Crippen molar-refractivity contribution in [3.05, 3.63) is 18.3 Å². The summed E-state index contributed by atoms with van der Waals surface area (Å²) < 4.78 is 28.9. The lowest BCUT2D eigenvalue weighted by Gasteiger charge is -2.33. The number of pyridine rings is 1. The standard InChI is InChI=1S/C11H15ClN2O3S/c1-18(15,16)10-3-2-4-13-11(10)14-5-6-17-9(7-12)8-14/h2-4,9H,5-8H2,1H3. The van der Waals surface area contributed by atoms with Crippen molar-refractivity contribution in [3.8, 4) is 0 Å². The summed E-state index contributed by atoms with van der Waals surface area (Å²) in [7, 11) is -3.28. The van der Waals surface area contributed by atoms with Gasteiger partial charge in [0.25, 0.3) is 0 Å². The van der Waals surface area contributed by atoms with Gasteiger partial charge in [0.2, 0.25) is 0 Å². The Balaban J connectivity index is 2.33. The topological polar surface area (TPSA) is 59.5 Å². The van der Waals surface area contributed by atoms with Crippen LogP contribution in [0.1, 0.15) is 0 Å². The molecule has 5 nitrogen and oxygen atoms in total. The van der Waals surface area contributed by atoms with Crippen molar-refractivity contribution in [1.29, 1.82) is 0 Å². The third-order valence-electron chi connectivity index (χ3n) is 2.76. The molecule has 1 saturated heterocycles. The Morgan fingerprint density at radius 2 is 2.39 bits per heavy atom. The molecule has 1 aliphatic heterocycles. The van der Waals surface area contributed by atoms with E-state index in [1.807, 2.05) is 4.90 Å². The Hall–Kier alpha value is -0.850. The van der Waals surface area contributed by atoms with E-state index in [4.69, 9.17) is 16.3 Å².